The largest absolute Gasteiger partial charge is 0.352 e. The minimum Gasteiger partial charge on any atom is -0.352 e. The van der Waals surface area contributed by atoms with Crippen molar-refractivity contribution in [3.63, 3.8) is 0 Å². The molecule has 0 unspecified atom stereocenters. The maximum Gasteiger partial charge on any atom is 0.226 e. The third-order valence-corrected chi connectivity index (χ3v) is 4.70. The van der Waals surface area contributed by atoms with Gasteiger partial charge < -0.3 is 5.32 Å². The van der Waals surface area contributed by atoms with E-state index in [1.807, 2.05) is 41.8 Å². The summed E-state index contributed by atoms with van der Waals surface area (Å²) < 4.78 is 0. The van der Waals surface area contributed by atoms with E-state index in [2.05, 4.69) is 34.6 Å². The minimum atomic E-state index is 0.0127. The molecule has 3 rings (SSSR count). The molecule has 3 nitrogen and oxygen atoms in total. The monoisotopic (exact) mass is 336 g/mol. The van der Waals surface area contributed by atoms with E-state index in [0.29, 0.717) is 13.0 Å². The predicted octanol–water partition coefficient (Wildman–Crippen LogP) is 3.79. The zero-order chi connectivity index (χ0) is 16.6. The van der Waals surface area contributed by atoms with Crippen molar-refractivity contribution in [2.24, 2.45) is 0 Å². The molecule has 122 valence electrons. The number of hydrogen-bond acceptors (Lipinski definition) is 3. The molecular formula is C20H20N2OS. The molecule has 1 amide bonds. The topological polar surface area (TPSA) is 42.0 Å². The number of nitrogens with one attached hydrogen (secondary N) is 1. The number of amides is 1. The Balaban J connectivity index is 1.46. The van der Waals surface area contributed by atoms with Crippen LogP contribution in [0.25, 0.3) is 0 Å². The number of carbonyl (C=O) groups excluding carboxylic acids is 1. The van der Waals surface area contributed by atoms with Crippen LogP contribution >= 0.6 is 11.3 Å². The molecule has 0 saturated heterocycles. The molecule has 0 atom stereocenters. The van der Waals surface area contributed by atoms with Crippen molar-refractivity contribution >= 4 is 17.2 Å². The van der Waals surface area contributed by atoms with E-state index >= 15 is 0 Å². The van der Waals surface area contributed by atoms with E-state index < -0.39 is 0 Å². The first kappa shape index (κ1) is 16.4. The second-order valence-corrected chi connectivity index (χ2v) is 6.60. The summed E-state index contributed by atoms with van der Waals surface area (Å²) in [6, 6.07) is 20.3. The van der Waals surface area contributed by atoms with Gasteiger partial charge in [0.15, 0.2) is 0 Å². The van der Waals surface area contributed by atoms with Gasteiger partial charge in [-0.3, -0.25) is 4.79 Å². The Morgan fingerprint density at radius 2 is 1.58 bits per heavy atom. The van der Waals surface area contributed by atoms with Gasteiger partial charge in [0.05, 0.1) is 17.1 Å². The van der Waals surface area contributed by atoms with E-state index in [0.717, 1.165) is 29.1 Å². The first-order valence-electron chi connectivity index (χ1n) is 8.07. The van der Waals surface area contributed by atoms with Crippen LogP contribution < -0.4 is 5.32 Å². The number of aromatic nitrogens is 1. The molecule has 4 heteroatoms. The molecule has 0 aliphatic rings. The van der Waals surface area contributed by atoms with Gasteiger partial charge in [0.2, 0.25) is 5.91 Å². The smallest absolute Gasteiger partial charge is 0.226 e. The fraction of sp³-hybridized carbons (Fsp3) is 0.200. The molecule has 24 heavy (non-hydrogen) atoms. The van der Waals surface area contributed by atoms with Gasteiger partial charge in [-0.05, 0) is 17.5 Å². The summed E-state index contributed by atoms with van der Waals surface area (Å²) in [5.41, 5.74) is 3.27. The standard InChI is InChI=1S/C20H20N2OS/c23-19(21-14-17-9-5-2-6-10-17)13-18-15-24-20(22-18)12-11-16-7-3-1-4-8-16/h1-10,15H,11-14H2,(H,21,23). The van der Waals surface area contributed by atoms with Crippen LogP contribution in [0.4, 0.5) is 0 Å². The van der Waals surface area contributed by atoms with E-state index in [4.69, 9.17) is 0 Å². The summed E-state index contributed by atoms with van der Waals surface area (Å²) in [7, 11) is 0. The number of nitrogens with zero attached hydrogens (tertiary/aromatic N) is 1. The SMILES string of the molecule is O=C(Cc1csc(CCc2ccccc2)n1)NCc1ccccc1. The fourth-order valence-corrected chi connectivity index (χ4v) is 3.26. The molecule has 0 fully saturated rings. The summed E-state index contributed by atoms with van der Waals surface area (Å²) in [6.07, 6.45) is 2.24. The Morgan fingerprint density at radius 1 is 0.917 bits per heavy atom. The number of rotatable bonds is 7. The summed E-state index contributed by atoms with van der Waals surface area (Å²) >= 11 is 1.63. The normalized spacial score (nSPS) is 10.5. The van der Waals surface area contributed by atoms with Gasteiger partial charge in [-0.25, -0.2) is 4.98 Å². The number of aryl methyl sites for hydroxylation is 2. The number of thiazole rings is 1. The highest BCUT2D eigenvalue weighted by atomic mass is 32.1. The van der Waals surface area contributed by atoms with Gasteiger partial charge in [-0.15, -0.1) is 11.3 Å². The molecule has 0 aliphatic carbocycles. The van der Waals surface area contributed by atoms with Gasteiger partial charge in [0, 0.05) is 18.3 Å². The highest BCUT2D eigenvalue weighted by Crippen LogP contribution is 2.13. The predicted molar refractivity (Wildman–Crippen MR) is 98.0 cm³/mol. The van der Waals surface area contributed by atoms with Crippen molar-refractivity contribution in [2.45, 2.75) is 25.8 Å². The van der Waals surface area contributed by atoms with Crippen LogP contribution in [0, 0.1) is 0 Å². The van der Waals surface area contributed by atoms with Gasteiger partial charge in [0.25, 0.3) is 0 Å². The van der Waals surface area contributed by atoms with Crippen LogP contribution in [0.5, 0.6) is 0 Å². The van der Waals surface area contributed by atoms with Gasteiger partial charge >= 0.3 is 0 Å². The second kappa shape index (κ2) is 8.41. The lowest BCUT2D eigenvalue weighted by molar-refractivity contribution is -0.120. The van der Waals surface area contributed by atoms with Gasteiger partial charge in [0.1, 0.15) is 0 Å². The van der Waals surface area contributed by atoms with Crippen LogP contribution in [-0.4, -0.2) is 10.9 Å². The molecule has 0 bridgehead atoms. The van der Waals surface area contributed by atoms with Crippen molar-refractivity contribution in [1.82, 2.24) is 10.3 Å². The summed E-state index contributed by atoms with van der Waals surface area (Å²) in [4.78, 5) is 16.6. The molecule has 2 aromatic carbocycles. The zero-order valence-corrected chi connectivity index (χ0v) is 14.3. The van der Waals surface area contributed by atoms with Crippen LogP contribution in [0.15, 0.2) is 66.0 Å². The maximum atomic E-state index is 12.0. The van der Waals surface area contributed by atoms with E-state index in [1.54, 1.807) is 11.3 Å². The maximum absolute atomic E-state index is 12.0. The fourth-order valence-electron chi connectivity index (χ4n) is 2.46. The van der Waals surface area contributed by atoms with Gasteiger partial charge in [-0.1, -0.05) is 60.7 Å². The lowest BCUT2D eigenvalue weighted by atomic mass is 10.1. The van der Waals surface area contributed by atoms with E-state index in [9.17, 15) is 4.79 Å². The Morgan fingerprint density at radius 3 is 2.29 bits per heavy atom. The van der Waals surface area contributed by atoms with Gasteiger partial charge in [-0.2, -0.15) is 0 Å². The molecule has 3 aromatic rings. The highest BCUT2D eigenvalue weighted by Gasteiger charge is 2.08. The third-order valence-electron chi connectivity index (χ3n) is 3.74. The Bertz CT molecular complexity index is 769. The minimum absolute atomic E-state index is 0.0127. The molecule has 1 N–H and O–H groups in total. The van der Waals surface area contributed by atoms with Crippen molar-refractivity contribution in [1.29, 1.82) is 0 Å². The Kier molecular flexibility index (Phi) is 5.75. The highest BCUT2D eigenvalue weighted by molar-refractivity contribution is 7.09. The summed E-state index contributed by atoms with van der Waals surface area (Å²) in [6.45, 7) is 0.560. The average Bonchev–Trinajstić information content (AvgIpc) is 3.07. The van der Waals surface area contributed by atoms with Crippen LogP contribution in [0.1, 0.15) is 21.8 Å². The molecule has 0 aliphatic heterocycles. The average molecular weight is 336 g/mol. The molecule has 0 saturated carbocycles. The Labute approximate surface area is 146 Å². The molecule has 1 heterocycles. The second-order valence-electron chi connectivity index (χ2n) is 5.66. The van der Waals surface area contributed by atoms with Crippen molar-refractivity contribution < 1.29 is 4.79 Å². The molecule has 1 aromatic heterocycles. The lowest BCUT2D eigenvalue weighted by Crippen LogP contribution is -2.24. The quantitative estimate of drug-likeness (QED) is 0.713. The number of carbonyl (C=O) groups is 1. The number of hydrogen-bond donors (Lipinski definition) is 1. The summed E-state index contributed by atoms with van der Waals surface area (Å²) in [5.74, 6) is 0.0127. The van der Waals surface area contributed by atoms with Crippen molar-refractivity contribution in [3.05, 3.63) is 87.9 Å². The zero-order valence-electron chi connectivity index (χ0n) is 13.4. The van der Waals surface area contributed by atoms with E-state index in [-0.39, 0.29) is 5.91 Å². The number of benzene rings is 2. The first-order chi connectivity index (χ1) is 11.8. The summed E-state index contributed by atoms with van der Waals surface area (Å²) in [5, 5.41) is 6.02. The lowest BCUT2D eigenvalue weighted by Gasteiger charge is -2.03. The van der Waals surface area contributed by atoms with E-state index in [1.165, 1.54) is 5.56 Å². The molecule has 0 spiro atoms. The first-order valence-corrected chi connectivity index (χ1v) is 8.95. The van der Waals surface area contributed by atoms with Crippen molar-refractivity contribution in [2.75, 3.05) is 0 Å². The Hall–Kier alpha value is -2.46. The van der Waals surface area contributed by atoms with Crippen molar-refractivity contribution in [3.8, 4) is 0 Å². The van der Waals surface area contributed by atoms with Crippen LogP contribution in [-0.2, 0) is 30.6 Å². The van der Waals surface area contributed by atoms with Crippen LogP contribution in [0.2, 0.25) is 0 Å². The third kappa shape index (κ3) is 5.03. The van der Waals surface area contributed by atoms with Crippen LogP contribution in [0.3, 0.4) is 0 Å². The molecular weight excluding hydrogens is 316 g/mol. The molecule has 0 radical (unpaired) electrons.